The van der Waals surface area contributed by atoms with Gasteiger partial charge in [-0.25, -0.2) is 0 Å². The van der Waals surface area contributed by atoms with E-state index in [1.807, 2.05) is 39.0 Å². The number of benzene rings is 1. The first-order valence-corrected chi connectivity index (χ1v) is 8.49. The Morgan fingerprint density at radius 3 is 2.21 bits per heavy atom. The average molecular weight is 334 g/mol. The molecule has 0 spiro atoms. The van der Waals surface area contributed by atoms with Crippen molar-refractivity contribution in [3.05, 3.63) is 35.4 Å². The Morgan fingerprint density at radius 2 is 1.67 bits per heavy atom. The van der Waals surface area contributed by atoms with Gasteiger partial charge >= 0.3 is 11.9 Å². The molecule has 3 atom stereocenters. The molecule has 0 N–H and O–H groups in total. The van der Waals surface area contributed by atoms with Gasteiger partial charge in [0.25, 0.3) is 0 Å². The van der Waals surface area contributed by atoms with Gasteiger partial charge in [-0.1, -0.05) is 38.1 Å². The van der Waals surface area contributed by atoms with Crippen LogP contribution in [0.2, 0.25) is 0 Å². The van der Waals surface area contributed by atoms with E-state index in [9.17, 15) is 9.59 Å². The normalized spacial score (nSPS) is 15.3. The van der Waals surface area contributed by atoms with E-state index < -0.39 is 11.5 Å². The van der Waals surface area contributed by atoms with Crippen LogP contribution < -0.4 is 0 Å². The van der Waals surface area contributed by atoms with Crippen molar-refractivity contribution in [2.45, 2.75) is 72.5 Å². The first-order chi connectivity index (χ1) is 11.0. The molecule has 4 nitrogen and oxygen atoms in total. The molecule has 0 aliphatic heterocycles. The van der Waals surface area contributed by atoms with Gasteiger partial charge in [-0.2, -0.15) is 0 Å². The van der Waals surface area contributed by atoms with Gasteiger partial charge in [0.1, 0.15) is 11.7 Å². The molecule has 4 heteroatoms. The van der Waals surface area contributed by atoms with Crippen LogP contribution in [0.25, 0.3) is 0 Å². The van der Waals surface area contributed by atoms with Gasteiger partial charge in [-0.05, 0) is 45.7 Å². The zero-order valence-electron chi connectivity index (χ0n) is 15.9. The fraction of sp³-hybridized carbons (Fsp3) is 0.600. The predicted molar refractivity (Wildman–Crippen MR) is 94.8 cm³/mol. The molecule has 24 heavy (non-hydrogen) atoms. The number of rotatable bonds is 6. The maximum Gasteiger partial charge on any atom is 0.309 e. The predicted octanol–water partition coefficient (Wildman–Crippen LogP) is 4.40. The molecule has 0 saturated carbocycles. The lowest BCUT2D eigenvalue weighted by atomic mass is 9.92. The van der Waals surface area contributed by atoms with Crippen molar-refractivity contribution in [2.24, 2.45) is 5.92 Å². The third-order valence-electron chi connectivity index (χ3n) is 3.98. The molecule has 0 aromatic heterocycles. The highest BCUT2D eigenvalue weighted by Crippen LogP contribution is 2.25. The monoisotopic (exact) mass is 334 g/mol. The maximum absolute atomic E-state index is 12.2. The van der Waals surface area contributed by atoms with Crippen molar-refractivity contribution in [2.75, 3.05) is 0 Å². The van der Waals surface area contributed by atoms with E-state index in [-0.39, 0.29) is 30.4 Å². The van der Waals surface area contributed by atoms with Gasteiger partial charge in [-0.15, -0.1) is 0 Å². The van der Waals surface area contributed by atoms with Crippen molar-refractivity contribution in [3.63, 3.8) is 0 Å². The zero-order valence-corrected chi connectivity index (χ0v) is 15.9. The Kier molecular flexibility index (Phi) is 7.00. The number of esters is 2. The molecule has 0 unspecified atom stereocenters. The summed E-state index contributed by atoms with van der Waals surface area (Å²) in [6.07, 6.45) is -0.235. The van der Waals surface area contributed by atoms with E-state index in [0.717, 1.165) is 5.56 Å². The standard InChI is InChI=1S/C20H30O4/c1-13-10-8-9-11-17(13)15(3)16(4)23-19(22)14(2)12-18(21)24-20(5,6)7/h8-11,14-16H,12H2,1-7H3/t14-,15+,16+/m1/s1. The van der Waals surface area contributed by atoms with Crippen LogP contribution >= 0.6 is 0 Å². The lowest BCUT2D eigenvalue weighted by Gasteiger charge is -2.24. The third-order valence-corrected chi connectivity index (χ3v) is 3.98. The van der Waals surface area contributed by atoms with E-state index in [1.54, 1.807) is 27.7 Å². The summed E-state index contributed by atoms with van der Waals surface area (Å²) in [6.45, 7) is 13.1. The lowest BCUT2D eigenvalue weighted by molar-refractivity contribution is -0.163. The minimum atomic E-state index is -0.548. The molecule has 0 fully saturated rings. The molecule has 134 valence electrons. The molecule has 0 saturated heterocycles. The van der Waals surface area contributed by atoms with Gasteiger partial charge in [-0.3, -0.25) is 9.59 Å². The highest BCUT2D eigenvalue weighted by molar-refractivity contribution is 5.79. The summed E-state index contributed by atoms with van der Waals surface area (Å²) in [4.78, 5) is 24.1. The first-order valence-electron chi connectivity index (χ1n) is 8.49. The number of carbonyl (C=O) groups excluding carboxylic acids is 2. The Labute approximate surface area is 145 Å². The number of aryl methyl sites for hydroxylation is 1. The summed E-state index contributed by atoms with van der Waals surface area (Å²) in [5.41, 5.74) is 1.79. The van der Waals surface area contributed by atoms with Crippen LogP contribution in [0.5, 0.6) is 0 Å². The van der Waals surface area contributed by atoms with Crippen molar-refractivity contribution < 1.29 is 19.1 Å². The van der Waals surface area contributed by atoms with Gasteiger partial charge < -0.3 is 9.47 Å². The van der Waals surface area contributed by atoms with Crippen LogP contribution in [0.4, 0.5) is 0 Å². The van der Waals surface area contributed by atoms with Crippen LogP contribution in [-0.4, -0.2) is 23.6 Å². The molecule has 0 aliphatic rings. The largest absolute Gasteiger partial charge is 0.462 e. The second-order valence-electron chi connectivity index (χ2n) is 7.48. The number of ether oxygens (including phenoxy) is 2. The Morgan fingerprint density at radius 1 is 1.08 bits per heavy atom. The molecule has 0 radical (unpaired) electrons. The fourth-order valence-electron chi connectivity index (χ4n) is 2.47. The number of carbonyl (C=O) groups is 2. The van der Waals surface area contributed by atoms with E-state index in [0.29, 0.717) is 0 Å². The van der Waals surface area contributed by atoms with Crippen molar-refractivity contribution in [1.29, 1.82) is 0 Å². The minimum absolute atomic E-state index is 0.0293. The molecule has 1 aromatic carbocycles. The molecular formula is C20H30O4. The number of hydrogen-bond acceptors (Lipinski definition) is 4. The number of hydrogen-bond donors (Lipinski definition) is 0. The van der Waals surface area contributed by atoms with E-state index in [2.05, 4.69) is 6.07 Å². The second kappa shape index (κ2) is 8.32. The molecular weight excluding hydrogens is 304 g/mol. The molecule has 1 rings (SSSR count). The molecule has 0 heterocycles. The molecule has 1 aromatic rings. The topological polar surface area (TPSA) is 52.6 Å². The van der Waals surface area contributed by atoms with E-state index in [1.165, 1.54) is 5.56 Å². The van der Waals surface area contributed by atoms with Crippen LogP contribution in [0, 0.1) is 12.8 Å². The fourth-order valence-corrected chi connectivity index (χ4v) is 2.47. The Hall–Kier alpha value is -1.84. The second-order valence-corrected chi connectivity index (χ2v) is 7.48. The van der Waals surface area contributed by atoms with Gasteiger partial charge in [0.15, 0.2) is 0 Å². The Balaban J connectivity index is 2.60. The minimum Gasteiger partial charge on any atom is -0.462 e. The Bertz CT molecular complexity index is 571. The first kappa shape index (κ1) is 20.2. The van der Waals surface area contributed by atoms with E-state index in [4.69, 9.17) is 9.47 Å². The molecule has 0 aliphatic carbocycles. The van der Waals surface area contributed by atoms with Crippen LogP contribution in [0.1, 0.15) is 65.0 Å². The van der Waals surface area contributed by atoms with Gasteiger partial charge in [0.05, 0.1) is 12.3 Å². The van der Waals surface area contributed by atoms with Crippen molar-refractivity contribution in [1.82, 2.24) is 0 Å². The third kappa shape index (κ3) is 6.34. The van der Waals surface area contributed by atoms with Gasteiger partial charge in [0.2, 0.25) is 0 Å². The summed E-state index contributed by atoms with van der Waals surface area (Å²) in [7, 11) is 0. The zero-order chi connectivity index (χ0) is 18.5. The van der Waals surface area contributed by atoms with E-state index >= 15 is 0 Å². The summed E-state index contributed by atoms with van der Waals surface area (Å²) in [6, 6.07) is 8.07. The molecule has 0 bridgehead atoms. The van der Waals surface area contributed by atoms with Crippen LogP contribution in [-0.2, 0) is 19.1 Å². The van der Waals surface area contributed by atoms with Crippen molar-refractivity contribution in [3.8, 4) is 0 Å². The average Bonchev–Trinajstić information content (AvgIpc) is 2.44. The quantitative estimate of drug-likeness (QED) is 0.724. The lowest BCUT2D eigenvalue weighted by Crippen LogP contribution is -2.29. The summed E-state index contributed by atoms with van der Waals surface area (Å²) in [5, 5.41) is 0. The summed E-state index contributed by atoms with van der Waals surface area (Å²) < 4.78 is 10.8. The molecule has 0 amide bonds. The summed E-state index contributed by atoms with van der Waals surface area (Å²) in [5.74, 6) is -1.18. The van der Waals surface area contributed by atoms with Crippen LogP contribution in [0.15, 0.2) is 24.3 Å². The summed E-state index contributed by atoms with van der Waals surface area (Å²) >= 11 is 0. The van der Waals surface area contributed by atoms with Gasteiger partial charge in [0, 0.05) is 5.92 Å². The highest BCUT2D eigenvalue weighted by atomic mass is 16.6. The van der Waals surface area contributed by atoms with Crippen LogP contribution in [0.3, 0.4) is 0 Å². The van der Waals surface area contributed by atoms with Crippen molar-refractivity contribution >= 4 is 11.9 Å². The smallest absolute Gasteiger partial charge is 0.309 e. The highest BCUT2D eigenvalue weighted by Gasteiger charge is 2.26. The maximum atomic E-state index is 12.2. The SMILES string of the molecule is Cc1ccccc1[C@@H](C)[C@H](C)OC(=O)[C@H](C)CC(=O)OC(C)(C)C.